The van der Waals surface area contributed by atoms with Gasteiger partial charge in [0.15, 0.2) is 6.61 Å². The van der Waals surface area contributed by atoms with Gasteiger partial charge in [-0.15, -0.1) is 11.3 Å². The Hall–Kier alpha value is -2.93. The van der Waals surface area contributed by atoms with Crippen molar-refractivity contribution in [1.29, 1.82) is 0 Å². The van der Waals surface area contributed by atoms with Crippen molar-refractivity contribution in [2.24, 2.45) is 0 Å². The molecule has 7 heteroatoms. The number of hydrogen-bond donors (Lipinski definition) is 0. The molecule has 0 saturated carbocycles. The molecule has 2 amide bonds. The second kappa shape index (κ2) is 6.91. The lowest BCUT2D eigenvalue weighted by Crippen LogP contribution is -2.46. The lowest BCUT2D eigenvalue weighted by atomic mass is 10.2. The number of aromatic nitrogens is 1. The van der Waals surface area contributed by atoms with E-state index in [9.17, 15) is 9.59 Å². The van der Waals surface area contributed by atoms with Crippen molar-refractivity contribution in [3.63, 3.8) is 0 Å². The molecule has 3 heterocycles. The molecular formula is C21H19N3O3S. The van der Waals surface area contributed by atoms with E-state index in [0.29, 0.717) is 18.0 Å². The van der Waals surface area contributed by atoms with Crippen LogP contribution in [0.1, 0.15) is 23.9 Å². The molecule has 0 unspecified atom stereocenters. The van der Waals surface area contributed by atoms with Gasteiger partial charge in [-0.3, -0.25) is 14.5 Å². The molecule has 2 aliphatic heterocycles. The number of likely N-dealkylation sites (tertiary alicyclic amines) is 1. The summed E-state index contributed by atoms with van der Waals surface area (Å²) in [5.74, 6) is 0.397. The normalized spacial score (nSPS) is 19.0. The molecule has 5 rings (SSSR count). The van der Waals surface area contributed by atoms with Crippen molar-refractivity contribution in [2.75, 3.05) is 24.6 Å². The maximum atomic E-state index is 13.1. The van der Waals surface area contributed by atoms with E-state index >= 15 is 0 Å². The first-order chi connectivity index (χ1) is 13.7. The molecule has 3 aromatic rings. The number of carbonyl (C=O) groups is 2. The van der Waals surface area contributed by atoms with Crippen LogP contribution in [0.4, 0.5) is 5.69 Å². The van der Waals surface area contributed by atoms with Crippen LogP contribution in [0.2, 0.25) is 0 Å². The predicted octanol–water partition coefficient (Wildman–Crippen LogP) is 3.39. The Morgan fingerprint density at radius 2 is 2.00 bits per heavy atom. The van der Waals surface area contributed by atoms with Gasteiger partial charge in [-0.25, -0.2) is 4.98 Å². The molecule has 0 bridgehead atoms. The summed E-state index contributed by atoms with van der Waals surface area (Å²) < 4.78 is 6.61. The van der Waals surface area contributed by atoms with Crippen molar-refractivity contribution in [1.82, 2.24) is 9.88 Å². The third kappa shape index (κ3) is 2.92. The van der Waals surface area contributed by atoms with E-state index in [1.807, 2.05) is 47.4 Å². The molecule has 1 fully saturated rings. The summed E-state index contributed by atoms with van der Waals surface area (Å²) >= 11 is 1.65. The van der Waals surface area contributed by atoms with E-state index in [-0.39, 0.29) is 31.0 Å². The van der Waals surface area contributed by atoms with Crippen LogP contribution in [-0.4, -0.2) is 41.4 Å². The van der Waals surface area contributed by atoms with Crippen LogP contribution in [0, 0.1) is 0 Å². The molecule has 1 atom stereocenters. The highest BCUT2D eigenvalue weighted by molar-refractivity contribution is 7.18. The van der Waals surface area contributed by atoms with E-state index < -0.39 is 0 Å². The highest BCUT2D eigenvalue weighted by atomic mass is 32.1. The molecule has 6 nitrogen and oxygen atoms in total. The Bertz CT molecular complexity index is 1030. The van der Waals surface area contributed by atoms with Crippen molar-refractivity contribution in [2.45, 2.75) is 18.9 Å². The first-order valence-electron chi connectivity index (χ1n) is 9.38. The van der Waals surface area contributed by atoms with Gasteiger partial charge in [0.05, 0.1) is 21.9 Å². The number of carbonyl (C=O) groups excluding carboxylic acids is 2. The number of fused-ring (bicyclic) bond motifs is 2. The average Bonchev–Trinajstić information content (AvgIpc) is 3.36. The lowest BCUT2D eigenvalue weighted by Gasteiger charge is -2.31. The zero-order valence-corrected chi connectivity index (χ0v) is 16.0. The topological polar surface area (TPSA) is 62.7 Å². The summed E-state index contributed by atoms with van der Waals surface area (Å²) in [5, 5.41) is 0.973. The van der Waals surface area contributed by atoms with E-state index in [0.717, 1.165) is 28.1 Å². The molecule has 1 saturated heterocycles. The predicted molar refractivity (Wildman–Crippen MR) is 108 cm³/mol. The maximum Gasteiger partial charge on any atom is 0.265 e. The molecule has 0 radical (unpaired) electrons. The van der Waals surface area contributed by atoms with Crippen LogP contribution in [0.25, 0.3) is 10.2 Å². The van der Waals surface area contributed by atoms with Crippen LogP contribution in [-0.2, 0) is 9.59 Å². The average molecular weight is 393 g/mol. The fraction of sp³-hybridized carbons (Fsp3) is 0.286. The van der Waals surface area contributed by atoms with Gasteiger partial charge in [-0.1, -0.05) is 24.3 Å². The summed E-state index contributed by atoms with van der Waals surface area (Å²) in [6.45, 7) is 0.686. The summed E-state index contributed by atoms with van der Waals surface area (Å²) in [4.78, 5) is 33.7. The number of thiazole rings is 1. The first-order valence-corrected chi connectivity index (χ1v) is 10.2. The minimum Gasteiger partial charge on any atom is -0.482 e. The van der Waals surface area contributed by atoms with Crippen molar-refractivity contribution >= 4 is 39.1 Å². The van der Waals surface area contributed by atoms with Crippen molar-refractivity contribution in [3.8, 4) is 5.75 Å². The molecule has 0 aliphatic carbocycles. The van der Waals surface area contributed by atoms with Crippen LogP contribution in [0.15, 0.2) is 48.5 Å². The van der Waals surface area contributed by atoms with Gasteiger partial charge < -0.3 is 9.64 Å². The molecular weight excluding hydrogens is 374 g/mol. The van der Waals surface area contributed by atoms with Gasteiger partial charge >= 0.3 is 0 Å². The number of nitrogens with zero attached hydrogens (tertiary/aromatic N) is 3. The number of para-hydroxylation sites is 3. The zero-order valence-electron chi connectivity index (χ0n) is 15.2. The standard InChI is InChI=1S/C21H19N3O3S/c25-19(12-24-15-7-2-3-9-17(15)27-13-20(24)26)23-11-5-8-16(23)21-22-14-6-1-4-10-18(14)28-21/h1-4,6-7,9-10,16H,5,8,11-13H2/t16-/m1/s1. The van der Waals surface area contributed by atoms with Gasteiger partial charge in [0.25, 0.3) is 5.91 Å². The van der Waals surface area contributed by atoms with Gasteiger partial charge in [0.1, 0.15) is 17.3 Å². The Kier molecular flexibility index (Phi) is 4.24. The number of rotatable bonds is 3. The number of ether oxygens (including phenoxy) is 1. The Morgan fingerprint density at radius 3 is 2.89 bits per heavy atom. The fourth-order valence-corrected chi connectivity index (χ4v) is 5.02. The molecule has 2 aliphatic rings. The third-order valence-corrected chi connectivity index (χ3v) is 6.41. The quantitative estimate of drug-likeness (QED) is 0.684. The van der Waals surface area contributed by atoms with Crippen molar-refractivity contribution in [3.05, 3.63) is 53.5 Å². The SMILES string of the molecule is O=C1COc2ccccc2N1CC(=O)N1CCC[C@@H]1c1nc2ccccc2s1. The highest BCUT2D eigenvalue weighted by Gasteiger charge is 2.35. The second-order valence-electron chi connectivity index (χ2n) is 7.00. The molecule has 142 valence electrons. The van der Waals surface area contributed by atoms with Gasteiger partial charge in [-0.2, -0.15) is 0 Å². The summed E-state index contributed by atoms with van der Waals surface area (Å²) in [6, 6.07) is 15.4. The Labute approximate surface area is 166 Å². The van der Waals surface area contributed by atoms with Crippen LogP contribution < -0.4 is 9.64 Å². The van der Waals surface area contributed by atoms with E-state index in [2.05, 4.69) is 6.07 Å². The highest BCUT2D eigenvalue weighted by Crippen LogP contribution is 2.37. The van der Waals surface area contributed by atoms with E-state index in [4.69, 9.17) is 9.72 Å². The van der Waals surface area contributed by atoms with Gasteiger partial charge in [-0.05, 0) is 37.1 Å². The van der Waals surface area contributed by atoms with Gasteiger partial charge in [0.2, 0.25) is 5.91 Å². The zero-order chi connectivity index (χ0) is 19.1. The van der Waals surface area contributed by atoms with E-state index in [1.54, 1.807) is 11.3 Å². The molecule has 0 N–H and O–H groups in total. The fourth-order valence-electron chi connectivity index (χ4n) is 3.91. The molecule has 0 spiro atoms. The number of benzene rings is 2. The van der Waals surface area contributed by atoms with Crippen LogP contribution in [0.3, 0.4) is 0 Å². The van der Waals surface area contributed by atoms with Crippen LogP contribution in [0.5, 0.6) is 5.75 Å². The number of amides is 2. The number of anilines is 1. The Morgan fingerprint density at radius 1 is 1.18 bits per heavy atom. The molecule has 28 heavy (non-hydrogen) atoms. The Balaban J connectivity index is 1.39. The molecule has 1 aromatic heterocycles. The van der Waals surface area contributed by atoms with E-state index in [1.165, 1.54) is 4.90 Å². The second-order valence-corrected chi connectivity index (χ2v) is 8.06. The first kappa shape index (κ1) is 17.2. The maximum absolute atomic E-state index is 13.1. The lowest BCUT2D eigenvalue weighted by molar-refractivity contribution is -0.132. The summed E-state index contributed by atoms with van der Waals surface area (Å²) in [5.41, 5.74) is 1.63. The summed E-state index contributed by atoms with van der Waals surface area (Å²) in [7, 11) is 0. The minimum atomic E-state index is -0.192. The van der Waals surface area contributed by atoms with Crippen LogP contribution >= 0.6 is 11.3 Å². The van der Waals surface area contributed by atoms with Gasteiger partial charge in [0, 0.05) is 6.54 Å². The van der Waals surface area contributed by atoms with Crippen molar-refractivity contribution < 1.29 is 14.3 Å². The largest absolute Gasteiger partial charge is 0.482 e. The number of hydrogen-bond acceptors (Lipinski definition) is 5. The monoisotopic (exact) mass is 393 g/mol. The molecule has 2 aromatic carbocycles. The smallest absolute Gasteiger partial charge is 0.265 e. The third-order valence-electron chi connectivity index (χ3n) is 5.27. The minimum absolute atomic E-state index is 0.0173. The summed E-state index contributed by atoms with van der Waals surface area (Å²) in [6.07, 6.45) is 1.85.